The third-order valence-corrected chi connectivity index (χ3v) is 4.72. The highest BCUT2D eigenvalue weighted by Gasteiger charge is 2.34. The highest BCUT2D eigenvalue weighted by molar-refractivity contribution is 7.92. The number of carboxylic acids is 1. The second kappa shape index (κ2) is 6.58. The van der Waals surface area contributed by atoms with E-state index in [4.69, 9.17) is 5.11 Å². The molecule has 1 atom stereocenters. The van der Waals surface area contributed by atoms with Gasteiger partial charge in [-0.15, -0.1) is 0 Å². The number of sulfone groups is 1. The molecule has 2 N–H and O–H groups in total. The lowest BCUT2D eigenvalue weighted by Gasteiger charge is -2.16. The van der Waals surface area contributed by atoms with Gasteiger partial charge in [0.15, 0.2) is 15.1 Å². The molecule has 0 aromatic heterocycles. The molecule has 1 unspecified atom stereocenters. The zero-order valence-electron chi connectivity index (χ0n) is 10.3. The molecule has 6 nitrogen and oxygen atoms in total. The summed E-state index contributed by atoms with van der Waals surface area (Å²) in [5.41, 5.74) is 0. The summed E-state index contributed by atoms with van der Waals surface area (Å²) >= 11 is 0. The minimum atomic E-state index is -3.70. The van der Waals surface area contributed by atoms with Crippen LogP contribution in [0.25, 0.3) is 0 Å². The molecule has 1 amide bonds. The van der Waals surface area contributed by atoms with E-state index in [1.807, 2.05) is 0 Å². The van der Waals surface area contributed by atoms with E-state index >= 15 is 0 Å². The minimum Gasteiger partial charge on any atom is -0.480 e. The van der Waals surface area contributed by atoms with Gasteiger partial charge in [0.2, 0.25) is 5.91 Å². The molecule has 0 saturated carbocycles. The minimum absolute atomic E-state index is 0.0835. The average Bonchev–Trinajstić information content (AvgIpc) is 2.14. The number of carbonyl (C=O) groups excluding carboxylic acids is 1. The Balaban J connectivity index is 4.55. The molecular weight excluding hydrogens is 246 g/mol. The van der Waals surface area contributed by atoms with Gasteiger partial charge >= 0.3 is 5.97 Å². The summed E-state index contributed by atoms with van der Waals surface area (Å²) in [5, 5.41) is 9.86. The first-order valence-electron chi connectivity index (χ1n) is 5.37. The van der Waals surface area contributed by atoms with E-state index in [0.717, 1.165) is 0 Å². The lowest BCUT2D eigenvalue weighted by Crippen LogP contribution is -2.36. The molecule has 0 aliphatic carbocycles. The Bertz CT molecular complexity index is 374. The number of carbonyl (C=O) groups is 2. The highest BCUT2D eigenvalue weighted by Crippen LogP contribution is 2.15. The molecular formula is C10H19NO5S. The van der Waals surface area contributed by atoms with Gasteiger partial charge in [-0.2, -0.15) is 0 Å². The van der Waals surface area contributed by atoms with Gasteiger partial charge in [-0.1, -0.05) is 13.8 Å². The predicted molar refractivity (Wildman–Crippen MR) is 63.3 cm³/mol. The van der Waals surface area contributed by atoms with Crippen molar-refractivity contribution in [1.29, 1.82) is 0 Å². The Morgan fingerprint density at radius 3 is 2.18 bits per heavy atom. The van der Waals surface area contributed by atoms with Crippen molar-refractivity contribution in [3.8, 4) is 0 Å². The maximum Gasteiger partial charge on any atom is 0.322 e. The van der Waals surface area contributed by atoms with Crippen LogP contribution in [0, 0.1) is 5.92 Å². The number of hydrogen-bond donors (Lipinski definition) is 2. The van der Waals surface area contributed by atoms with Gasteiger partial charge < -0.3 is 10.4 Å². The number of hydrogen-bond acceptors (Lipinski definition) is 4. The van der Waals surface area contributed by atoms with E-state index in [1.54, 1.807) is 13.8 Å². The van der Waals surface area contributed by atoms with Crippen molar-refractivity contribution in [1.82, 2.24) is 5.32 Å². The Kier molecular flexibility index (Phi) is 6.15. The van der Waals surface area contributed by atoms with Gasteiger partial charge in [0.1, 0.15) is 0 Å². The number of rotatable bonds is 7. The molecule has 0 aromatic rings. The Hall–Kier alpha value is -1.11. The summed E-state index contributed by atoms with van der Waals surface area (Å²) in [5.74, 6) is -2.36. The van der Waals surface area contributed by atoms with Crippen LogP contribution in [0.5, 0.6) is 0 Å². The normalized spacial score (nSPS) is 13.4. The second-order valence-corrected chi connectivity index (χ2v) is 6.39. The molecule has 100 valence electrons. The first-order valence-corrected chi connectivity index (χ1v) is 7.09. The molecule has 0 aromatic carbocycles. The summed E-state index contributed by atoms with van der Waals surface area (Å²) in [4.78, 5) is 21.8. The third-order valence-electron chi connectivity index (χ3n) is 2.35. The van der Waals surface area contributed by atoms with Crippen LogP contribution in [0.3, 0.4) is 0 Å². The summed E-state index contributed by atoms with van der Waals surface area (Å²) in [6.45, 7) is 3.10. The molecule has 0 fully saturated rings. The second-order valence-electron chi connectivity index (χ2n) is 4.15. The molecule has 0 rings (SSSR count). The Labute approximate surface area is 101 Å². The van der Waals surface area contributed by atoms with E-state index in [0.29, 0.717) is 0 Å². The van der Waals surface area contributed by atoms with Crippen LogP contribution >= 0.6 is 0 Å². The maximum atomic E-state index is 11.8. The van der Waals surface area contributed by atoms with Crippen molar-refractivity contribution >= 4 is 21.7 Å². The zero-order valence-corrected chi connectivity index (χ0v) is 11.1. The van der Waals surface area contributed by atoms with Crippen molar-refractivity contribution in [2.24, 2.45) is 5.92 Å². The maximum absolute atomic E-state index is 11.8. The van der Waals surface area contributed by atoms with Crippen molar-refractivity contribution in [2.45, 2.75) is 31.9 Å². The van der Waals surface area contributed by atoms with Crippen molar-refractivity contribution in [3.63, 3.8) is 0 Å². The molecule has 0 bridgehead atoms. The predicted octanol–water partition coefficient (Wildman–Crippen LogP) is 0.0366. The first kappa shape index (κ1) is 15.9. The lowest BCUT2D eigenvalue weighted by molar-refractivity contribution is -0.137. The van der Waals surface area contributed by atoms with Crippen molar-refractivity contribution < 1.29 is 23.1 Å². The third kappa shape index (κ3) is 5.16. The van der Waals surface area contributed by atoms with E-state index in [2.05, 4.69) is 5.32 Å². The molecule has 0 aliphatic heterocycles. The van der Waals surface area contributed by atoms with Crippen LogP contribution in [0.2, 0.25) is 0 Å². The van der Waals surface area contributed by atoms with Gasteiger partial charge in [-0.3, -0.25) is 9.59 Å². The van der Waals surface area contributed by atoms with Crippen molar-refractivity contribution in [3.05, 3.63) is 0 Å². The van der Waals surface area contributed by atoms with E-state index in [1.165, 1.54) is 7.05 Å². The van der Waals surface area contributed by atoms with Gasteiger partial charge in [0, 0.05) is 13.5 Å². The van der Waals surface area contributed by atoms with Crippen LogP contribution in [-0.4, -0.2) is 43.5 Å². The molecule has 0 spiro atoms. The van der Waals surface area contributed by atoms with Crippen molar-refractivity contribution in [2.75, 3.05) is 12.8 Å². The lowest BCUT2D eigenvalue weighted by atomic mass is 10.1. The largest absolute Gasteiger partial charge is 0.480 e. The van der Waals surface area contributed by atoms with Crippen LogP contribution in [0.4, 0.5) is 0 Å². The Morgan fingerprint density at radius 2 is 1.82 bits per heavy atom. The van der Waals surface area contributed by atoms with E-state index < -0.39 is 27.0 Å². The number of nitrogens with one attached hydrogen (secondary N) is 1. The fraction of sp³-hybridized carbons (Fsp3) is 0.800. The zero-order chi connectivity index (χ0) is 13.6. The smallest absolute Gasteiger partial charge is 0.322 e. The standard InChI is InChI=1S/C10H19NO5S/c1-7(2)9(10(13)14)17(15,16)6-4-5-8(12)11-3/h7,9H,4-6H2,1-3H3,(H,11,12)(H,13,14). The van der Waals surface area contributed by atoms with E-state index in [9.17, 15) is 18.0 Å². The molecule has 0 heterocycles. The van der Waals surface area contributed by atoms with Crippen LogP contribution in [0.15, 0.2) is 0 Å². The molecule has 0 radical (unpaired) electrons. The van der Waals surface area contributed by atoms with Crippen LogP contribution in [-0.2, 0) is 19.4 Å². The van der Waals surface area contributed by atoms with Gasteiger partial charge in [0.05, 0.1) is 5.75 Å². The summed E-state index contributed by atoms with van der Waals surface area (Å²) < 4.78 is 23.5. The van der Waals surface area contributed by atoms with Gasteiger partial charge in [-0.05, 0) is 12.3 Å². The topological polar surface area (TPSA) is 101 Å². The fourth-order valence-corrected chi connectivity index (χ4v) is 3.48. The van der Waals surface area contributed by atoms with Gasteiger partial charge in [0.25, 0.3) is 0 Å². The molecule has 7 heteroatoms. The number of carboxylic acid groups (broad SMARTS) is 1. The highest BCUT2D eigenvalue weighted by atomic mass is 32.2. The fourth-order valence-electron chi connectivity index (χ4n) is 1.54. The molecule has 17 heavy (non-hydrogen) atoms. The molecule has 0 aliphatic rings. The summed E-state index contributed by atoms with van der Waals surface area (Å²) in [6, 6.07) is 0. The first-order chi connectivity index (χ1) is 7.72. The SMILES string of the molecule is CNC(=O)CCCS(=O)(=O)C(C(=O)O)C(C)C. The molecule has 0 saturated heterocycles. The van der Waals surface area contributed by atoms with Crippen LogP contribution < -0.4 is 5.32 Å². The van der Waals surface area contributed by atoms with Gasteiger partial charge in [-0.25, -0.2) is 8.42 Å². The number of amides is 1. The van der Waals surface area contributed by atoms with E-state index in [-0.39, 0.29) is 24.5 Å². The number of aliphatic carboxylic acids is 1. The Morgan fingerprint density at radius 1 is 1.29 bits per heavy atom. The quantitative estimate of drug-likeness (QED) is 0.676. The summed E-state index contributed by atoms with van der Waals surface area (Å²) in [7, 11) is -2.24. The van der Waals surface area contributed by atoms with Crippen LogP contribution in [0.1, 0.15) is 26.7 Å². The summed E-state index contributed by atoms with van der Waals surface area (Å²) in [6.07, 6.45) is 0.221. The average molecular weight is 265 g/mol. The monoisotopic (exact) mass is 265 g/mol.